The Bertz CT molecular complexity index is 535. The van der Waals surface area contributed by atoms with E-state index in [4.69, 9.17) is 10.2 Å². The lowest BCUT2D eigenvalue weighted by atomic mass is 10.1. The zero-order valence-corrected chi connectivity index (χ0v) is 9.66. The highest BCUT2D eigenvalue weighted by atomic mass is 32.1. The van der Waals surface area contributed by atoms with Crippen molar-refractivity contribution < 1.29 is 19.8 Å². The molecule has 17 heavy (non-hydrogen) atoms. The molecule has 0 aliphatic carbocycles. The highest BCUT2D eigenvalue weighted by molar-refractivity contribution is 7.14. The summed E-state index contributed by atoms with van der Waals surface area (Å²) in [5, 5.41) is 19.3. The summed E-state index contributed by atoms with van der Waals surface area (Å²) < 4.78 is 0. The van der Waals surface area contributed by atoms with E-state index in [1.54, 1.807) is 0 Å². The van der Waals surface area contributed by atoms with Crippen LogP contribution in [0.15, 0.2) is 24.3 Å². The van der Waals surface area contributed by atoms with Crippen molar-refractivity contribution in [3.63, 3.8) is 0 Å². The van der Waals surface area contributed by atoms with Crippen LogP contribution in [0, 0.1) is 0 Å². The standard InChI is InChI=1S/C12H10O4S/c13-11(14)5-9-7-3-1-2-4-8(7)10(17-9)6-12(15)16/h1-4H,5-6H2,(H,13,14)(H,15,16). The molecule has 88 valence electrons. The number of carbonyl (C=O) groups is 2. The van der Waals surface area contributed by atoms with Crippen LogP contribution in [0.2, 0.25) is 0 Å². The summed E-state index contributed by atoms with van der Waals surface area (Å²) in [6.45, 7) is 0. The molecule has 1 aromatic carbocycles. The average molecular weight is 250 g/mol. The Kier molecular flexibility index (Phi) is 3.10. The van der Waals surface area contributed by atoms with Crippen molar-refractivity contribution in [2.24, 2.45) is 0 Å². The predicted octanol–water partition coefficient (Wildman–Crippen LogP) is 2.16. The van der Waals surface area contributed by atoms with Gasteiger partial charge in [-0.15, -0.1) is 11.3 Å². The van der Waals surface area contributed by atoms with E-state index >= 15 is 0 Å². The van der Waals surface area contributed by atoms with Crippen molar-refractivity contribution >= 4 is 34.0 Å². The first-order chi connectivity index (χ1) is 8.08. The summed E-state index contributed by atoms with van der Waals surface area (Å²) >= 11 is 1.27. The topological polar surface area (TPSA) is 74.6 Å². The first-order valence-electron chi connectivity index (χ1n) is 5.01. The molecule has 2 N–H and O–H groups in total. The van der Waals surface area contributed by atoms with E-state index in [1.807, 2.05) is 24.3 Å². The number of carboxylic acid groups (broad SMARTS) is 2. The van der Waals surface area contributed by atoms with Crippen molar-refractivity contribution in [1.82, 2.24) is 0 Å². The summed E-state index contributed by atoms with van der Waals surface area (Å²) in [5.41, 5.74) is 0. The molecule has 0 amide bonds. The molecule has 5 heteroatoms. The SMILES string of the molecule is O=C(O)Cc1sc(CC(=O)O)c2ccccc12. The van der Waals surface area contributed by atoms with Crippen molar-refractivity contribution in [2.75, 3.05) is 0 Å². The number of carboxylic acids is 2. The molecule has 1 aromatic heterocycles. The molecule has 4 nitrogen and oxygen atoms in total. The Morgan fingerprint density at radius 3 is 1.71 bits per heavy atom. The van der Waals surface area contributed by atoms with Crippen LogP contribution >= 0.6 is 11.3 Å². The van der Waals surface area contributed by atoms with Crippen LogP contribution in [0.5, 0.6) is 0 Å². The molecule has 0 unspecified atom stereocenters. The van der Waals surface area contributed by atoms with Crippen molar-refractivity contribution in [1.29, 1.82) is 0 Å². The monoisotopic (exact) mass is 250 g/mol. The number of benzene rings is 1. The molecule has 0 bridgehead atoms. The molecule has 0 radical (unpaired) electrons. The third-order valence-electron chi connectivity index (χ3n) is 2.40. The van der Waals surface area contributed by atoms with Gasteiger partial charge < -0.3 is 10.2 Å². The maximum absolute atomic E-state index is 10.7. The fourth-order valence-electron chi connectivity index (χ4n) is 1.77. The average Bonchev–Trinajstić information content (AvgIpc) is 2.56. The van der Waals surface area contributed by atoms with E-state index in [-0.39, 0.29) is 12.8 Å². The fourth-order valence-corrected chi connectivity index (χ4v) is 3.03. The van der Waals surface area contributed by atoms with Gasteiger partial charge in [0.1, 0.15) is 0 Å². The molecular formula is C12H10O4S. The van der Waals surface area contributed by atoms with E-state index in [9.17, 15) is 9.59 Å². The number of fused-ring (bicyclic) bond motifs is 1. The zero-order chi connectivity index (χ0) is 12.4. The predicted molar refractivity (Wildman–Crippen MR) is 64.5 cm³/mol. The lowest BCUT2D eigenvalue weighted by Gasteiger charge is -1.93. The lowest BCUT2D eigenvalue weighted by Crippen LogP contribution is -1.98. The number of aliphatic carboxylic acids is 2. The van der Waals surface area contributed by atoms with Gasteiger partial charge in [-0.3, -0.25) is 9.59 Å². The zero-order valence-electron chi connectivity index (χ0n) is 8.84. The summed E-state index contributed by atoms with van der Waals surface area (Å²) in [6.07, 6.45) is -0.129. The lowest BCUT2D eigenvalue weighted by molar-refractivity contribution is -0.137. The summed E-state index contributed by atoms with van der Waals surface area (Å²) in [4.78, 5) is 22.9. The second kappa shape index (κ2) is 4.55. The van der Waals surface area contributed by atoms with Crippen molar-refractivity contribution in [3.05, 3.63) is 34.0 Å². The van der Waals surface area contributed by atoms with Gasteiger partial charge in [0.15, 0.2) is 0 Å². The van der Waals surface area contributed by atoms with Gasteiger partial charge >= 0.3 is 11.9 Å². The minimum atomic E-state index is -0.904. The van der Waals surface area contributed by atoms with Gasteiger partial charge in [0.05, 0.1) is 12.8 Å². The molecule has 0 spiro atoms. The Morgan fingerprint density at radius 2 is 1.35 bits per heavy atom. The third-order valence-corrected chi connectivity index (χ3v) is 3.62. The van der Waals surface area contributed by atoms with E-state index < -0.39 is 11.9 Å². The normalized spacial score (nSPS) is 10.6. The Labute approximate surface area is 101 Å². The number of rotatable bonds is 4. The number of thiophene rings is 1. The first-order valence-corrected chi connectivity index (χ1v) is 5.82. The molecule has 0 saturated heterocycles. The van der Waals surface area contributed by atoms with Crippen LogP contribution in [-0.4, -0.2) is 22.2 Å². The second-order valence-corrected chi connectivity index (χ2v) is 4.82. The maximum atomic E-state index is 10.7. The maximum Gasteiger partial charge on any atom is 0.308 e. The Hall–Kier alpha value is -1.88. The van der Waals surface area contributed by atoms with Gasteiger partial charge in [0.2, 0.25) is 0 Å². The summed E-state index contributed by atoms with van der Waals surface area (Å²) in [7, 11) is 0. The van der Waals surface area contributed by atoms with E-state index in [1.165, 1.54) is 11.3 Å². The molecule has 2 rings (SSSR count). The highest BCUT2D eigenvalue weighted by Crippen LogP contribution is 2.32. The molecule has 2 aromatic rings. The Balaban J connectivity index is 2.53. The number of hydrogen-bond acceptors (Lipinski definition) is 3. The Morgan fingerprint density at radius 1 is 0.941 bits per heavy atom. The van der Waals surface area contributed by atoms with Crippen LogP contribution in [0.3, 0.4) is 0 Å². The van der Waals surface area contributed by atoms with E-state index in [2.05, 4.69) is 0 Å². The number of hydrogen-bond donors (Lipinski definition) is 2. The molecule has 0 aliphatic rings. The molecule has 0 fully saturated rings. The van der Waals surface area contributed by atoms with Crippen molar-refractivity contribution in [2.45, 2.75) is 12.8 Å². The van der Waals surface area contributed by atoms with E-state index in [0.717, 1.165) is 10.8 Å². The molecule has 0 aliphatic heterocycles. The molecule has 0 atom stereocenters. The molecular weight excluding hydrogens is 240 g/mol. The summed E-state index contributed by atoms with van der Waals surface area (Å²) in [6, 6.07) is 7.31. The minimum absolute atomic E-state index is 0.0647. The van der Waals surface area contributed by atoms with Gasteiger partial charge in [-0.25, -0.2) is 0 Å². The summed E-state index contributed by atoms with van der Waals surface area (Å²) in [5.74, 6) is -1.81. The van der Waals surface area contributed by atoms with Gasteiger partial charge in [-0.05, 0) is 10.8 Å². The van der Waals surface area contributed by atoms with Crippen LogP contribution in [-0.2, 0) is 22.4 Å². The van der Waals surface area contributed by atoms with Crippen LogP contribution < -0.4 is 0 Å². The van der Waals surface area contributed by atoms with Crippen LogP contribution in [0.25, 0.3) is 10.8 Å². The smallest absolute Gasteiger partial charge is 0.308 e. The first kappa shape index (κ1) is 11.6. The van der Waals surface area contributed by atoms with Crippen molar-refractivity contribution in [3.8, 4) is 0 Å². The van der Waals surface area contributed by atoms with E-state index in [0.29, 0.717) is 9.75 Å². The quantitative estimate of drug-likeness (QED) is 0.871. The van der Waals surface area contributed by atoms with Gasteiger partial charge in [-0.1, -0.05) is 24.3 Å². The molecule has 0 saturated carbocycles. The van der Waals surface area contributed by atoms with Crippen LogP contribution in [0.1, 0.15) is 9.75 Å². The highest BCUT2D eigenvalue weighted by Gasteiger charge is 2.14. The third kappa shape index (κ3) is 2.45. The minimum Gasteiger partial charge on any atom is -0.481 e. The fraction of sp³-hybridized carbons (Fsp3) is 0.167. The van der Waals surface area contributed by atoms with Gasteiger partial charge in [0.25, 0.3) is 0 Å². The molecule has 1 heterocycles. The largest absolute Gasteiger partial charge is 0.481 e. The van der Waals surface area contributed by atoms with Crippen LogP contribution in [0.4, 0.5) is 0 Å². The second-order valence-electron chi connectivity index (χ2n) is 3.64. The van der Waals surface area contributed by atoms with Gasteiger partial charge in [-0.2, -0.15) is 0 Å². The van der Waals surface area contributed by atoms with Gasteiger partial charge in [0, 0.05) is 9.75 Å².